The number of rotatable bonds is 6. The van der Waals surface area contributed by atoms with E-state index < -0.39 is 0 Å². The lowest BCUT2D eigenvalue weighted by atomic mass is 10.1. The van der Waals surface area contributed by atoms with Gasteiger partial charge in [0.15, 0.2) is 16.6 Å². The smallest absolute Gasteiger partial charge is 0.281 e. The molecule has 1 saturated heterocycles. The zero-order chi connectivity index (χ0) is 19.4. The summed E-state index contributed by atoms with van der Waals surface area (Å²) in [7, 11) is 1.60. The number of carbonyl (C=O) groups is 1. The zero-order valence-electron chi connectivity index (χ0n) is 15.6. The van der Waals surface area contributed by atoms with E-state index >= 15 is 0 Å². The predicted octanol–water partition coefficient (Wildman–Crippen LogP) is 4.05. The van der Waals surface area contributed by atoms with E-state index in [2.05, 4.69) is 5.32 Å². The summed E-state index contributed by atoms with van der Waals surface area (Å²) in [6, 6.07) is 13.2. The van der Waals surface area contributed by atoms with Crippen molar-refractivity contribution >= 4 is 35.0 Å². The molecule has 3 rings (SSSR count). The number of amides is 1. The molecule has 0 spiro atoms. The second kappa shape index (κ2) is 8.22. The third-order valence-electron chi connectivity index (χ3n) is 4.10. The van der Waals surface area contributed by atoms with Crippen LogP contribution in [0.5, 0.6) is 11.5 Å². The molecule has 1 aliphatic rings. The first-order valence-corrected chi connectivity index (χ1v) is 9.19. The number of thiocarbonyl (C=S) groups is 1. The van der Waals surface area contributed by atoms with Crippen molar-refractivity contribution in [3.63, 3.8) is 0 Å². The van der Waals surface area contributed by atoms with Gasteiger partial charge in [0.1, 0.15) is 5.70 Å². The highest BCUT2D eigenvalue weighted by molar-refractivity contribution is 7.80. The Morgan fingerprint density at radius 1 is 1.19 bits per heavy atom. The number of hydrogen-bond acceptors (Lipinski definition) is 4. The van der Waals surface area contributed by atoms with E-state index in [1.165, 1.54) is 4.90 Å². The molecule has 1 aliphatic heterocycles. The zero-order valence-corrected chi connectivity index (χ0v) is 16.4. The van der Waals surface area contributed by atoms with Gasteiger partial charge in [0.05, 0.1) is 19.4 Å². The maximum absolute atomic E-state index is 12.8. The Labute approximate surface area is 164 Å². The lowest BCUT2D eigenvalue weighted by Crippen LogP contribution is -2.30. The van der Waals surface area contributed by atoms with E-state index in [4.69, 9.17) is 21.7 Å². The number of anilines is 1. The number of aryl methyl sites for hydroxylation is 1. The molecule has 2 aromatic rings. The summed E-state index contributed by atoms with van der Waals surface area (Å²) in [4.78, 5) is 14.4. The topological polar surface area (TPSA) is 50.8 Å². The average Bonchev–Trinajstić information content (AvgIpc) is 2.93. The molecular weight excluding hydrogens is 360 g/mol. The molecule has 140 valence electrons. The molecule has 1 amide bonds. The summed E-state index contributed by atoms with van der Waals surface area (Å²) < 4.78 is 11.1. The standard InChI is InChI=1S/C21H22N2O3S/c1-4-10-26-18-9-8-15(13-19(18)25-3)12-17-20(24)23(21(27)22-17)16-7-5-6-14(2)11-16/h5-9,11-13H,4,10H2,1-3H3,(H,22,27)/b17-12-. The van der Waals surface area contributed by atoms with Crippen molar-refractivity contribution in [2.45, 2.75) is 20.3 Å². The summed E-state index contributed by atoms with van der Waals surface area (Å²) in [5, 5.41) is 3.37. The van der Waals surface area contributed by atoms with Crippen LogP contribution >= 0.6 is 12.2 Å². The number of methoxy groups -OCH3 is 1. The largest absolute Gasteiger partial charge is 0.493 e. The molecular formula is C21H22N2O3S. The van der Waals surface area contributed by atoms with Crippen molar-refractivity contribution in [2.75, 3.05) is 18.6 Å². The highest BCUT2D eigenvalue weighted by Crippen LogP contribution is 2.30. The molecule has 0 atom stereocenters. The first-order valence-electron chi connectivity index (χ1n) is 8.78. The predicted molar refractivity (Wildman–Crippen MR) is 111 cm³/mol. The van der Waals surface area contributed by atoms with Crippen LogP contribution in [-0.2, 0) is 4.79 Å². The molecule has 27 heavy (non-hydrogen) atoms. The van der Waals surface area contributed by atoms with E-state index in [9.17, 15) is 4.79 Å². The van der Waals surface area contributed by atoms with Crippen molar-refractivity contribution in [3.8, 4) is 11.5 Å². The third kappa shape index (κ3) is 4.11. The Kier molecular flexibility index (Phi) is 5.76. The van der Waals surface area contributed by atoms with Gasteiger partial charge in [-0.2, -0.15) is 0 Å². The maximum atomic E-state index is 12.8. The van der Waals surface area contributed by atoms with Crippen molar-refractivity contribution < 1.29 is 14.3 Å². The first-order chi connectivity index (χ1) is 13.0. The van der Waals surface area contributed by atoms with Gasteiger partial charge < -0.3 is 14.8 Å². The van der Waals surface area contributed by atoms with Crippen LogP contribution in [0.15, 0.2) is 48.2 Å². The monoisotopic (exact) mass is 382 g/mol. The summed E-state index contributed by atoms with van der Waals surface area (Å²) in [6.45, 7) is 4.65. The molecule has 0 unspecified atom stereocenters. The Hall–Kier alpha value is -2.86. The van der Waals surface area contributed by atoms with Gasteiger partial charge >= 0.3 is 0 Å². The van der Waals surface area contributed by atoms with Crippen LogP contribution in [0.4, 0.5) is 5.69 Å². The van der Waals surface area contributed by atoms with Crippen LogP contribution in [0.3, 0.4) is 0 Å². The molecule has 0 saturated carbocycles. The third-order valence-corrected chi connectivity index (χ3v) is 4.38. The Balaban J connectivity index is 1.87. The second-order valence-corrected chi connectivity index (χ2v) is 6.61. The quantitative estimate of drug-likeness (QED) is 0.603. The van der Waals surface area contributed by atoms with Crippen molar-refractivity contribution in [2.24, 2.45) is 0 Å². The Morgan fingerprint density at radius 2 is 2.00 bits per heavy atom. The molecule has 0 aromatic heterocycles. The lowest BCUT2D eigenvalue weighted by molar-refractivity contribution is -0.113. The van der Waals surface area contributed by atoms with E-state index in [0.717, 1.165) is 23.2 Å². The summed E-state index contributed by atoms with van der Waals surface area (Å²) in [6.07, 6.45) is 2.68. The second-order valence-electron chi connectivity index (χ2n) is 6.23. The van der Waals surface area contributed by atoms with Crippen molar-refractivity contribution in [1.82, 2.24) is 5.32 Å². The fourth-order valence-electron chi connectivity index (χ4n) is 2.81. The molecule has 0 aliphatic carbocycles. The van der Waals surface area contributed by atoms with Crippen LogP contribution in [0.1, 0.15) is 24.5 Å². The number of carbonyl (C=O) groups excluding carboxylic acids is 1. The molecule has 1 heterocycles. The first kappa shape index (κ1) is 18.9. The van der Waals surface area contributed by atoms with Crippen LogP contribution in [0, 0.1) is 6.92 Å². The summed E-state index contributed by atoms with van der Waals surface area (Å²) >= 11 is 5.36. The van der Waals surface area contributed by atoms with Gasteiger partial charge in [0.2, 0.25) is 0 Å². The summed E-state index contributed by atoms with van der Waals surface area (Å²) in [5.41, 5.74) is 3.06. The Bertz CT molecular complexity index is 908. The van der Waals surface area contributed by atoms with Gasteiger partial charge in [-0.1, -0.05) is 25.1 Å². The van der Waals surface area contributed by atoms with Crippen molar-refractivity contribution in [1.29, 1.82) is 0 Å². The van der Waals surface area contributed by atoms with E-state index in [1.54, 1.807) is 13.2 Å². The minimum atomic E-state index is -0.184. The Morgan fingerprint density at radius 3 is 2.70 bits per heavy atom. The maximum Gasteiger partial charge on any atom is 0.281 e. The van der Waals surface area contributed by atoms with Crippen LogP contribution in [-0.4, -0.2) is 24.7 Å². The van der Waals surface area contributed by atoms with E-state index in [0.29, 0.717) is 28.9 Å². The van der Waals surface area contributed by atoms with Gasteiger partial charge in [0, 0.05) is 0 Å². The fourth-order valence-corrected chi connectivity index (χ4v) is 3.11. The van der Waals surface area contributed by atoms with Crippen LogP contribution in [0.2, 0.25) is 0 Å². The lowest BCUT2D eigenvalue weighted by Gasteiger charge is -2.14. The highest BCUT2D eigenvalue weighted by Gasteiger charge is 2.32. The number of benzene rings is 2. The van der Waals surface area contributed by atoms with E-state index in [-0.39, 0.29) is 5.91 Å². The number of nitrogens with zero attached hydrogens (tertiary/aromatic N) is 1. The van der Waals surface area contributed by atoms with Crippen molar-refractivity contribution in [3.05, 3.63) is 59.3 Å². The number of hydrogen-bond donors (Lipinski definition) is 1. The summed E-state index contributed by atoms with van der Waals surface area (Å²) in [5.74, 6) is 1.13. The minimum absolute atomic E-state index is 0.184. The van der Waals surface area contributed by atoms with Gasteiger partial charge in [-0.15, -0.1) is 0 Å². The molecule has 6 heteroatoms. The van der Waals surface area contributed by atoms with Gasteiger partial charge in [0.25, 0.3) is 5.91 Å². The number of nitrogens with one attached hydrogen (secondary N) is 1. The van der Waals surface area contributed by atoms with Crippen LogP contribution < -0.4 is 19.7 Å². The fraction of sp³-hybridized carbons (Fsp3) is 0.238. The minimum Gasteiger partial charge on any atom is -0.493 e. The van der Waals surface area contributed by atoms with E-state index in [1.807, 2.05) is 56.3 Å². The molecule has 0 bridgehead atoms. The highest BCUT2D eigenvalue weighted by atomic mass is 32.1. The number of ether oxygens (including phenoxy) is 2. The molecule has 1 fully saturated rings. The van der Waals surface area contributed by atoms with Crippen LogP contribution in [0.25, 0.3) is 6.08 Å². The molecule has 2 aromatic carbocycles. The normalized spacial score (nSPS) is 15.2. The SMILES string of the molecule is CCCOc1ccc(/C=C2\NC(=S)N(c3cccc(C)c3)C2=O)cc1OC. The molecule has 1 N–H and O–H groups in total. The van der Waals surface area contributed by atoms with Gasteiger partial charge in [-0.3, -0.25) is 9.69 Å². The average molecular weight is 382 g/mol. The molecule has 0 radical (unpaired) electrons. The molecule has 5 nitrogen and oxygen atoms in total. The van der Waals surface area contributed by atoms with Gasteiger partial charge in [-0.25, -0.2) is 0 Å². The van der Waals surface area contributed by atoms with Gasteiger partial charge in [-0.05, 0) is 67.0 Å².